The molecule has 0 aliphatic heterocycles. The highest BCUT2D eigenvalue weighted by Crippen LogP contribution is 2.38. The van der Waals surface area contributed by atoms with E-state index in [-0.39, 0.29) is 0 Å². The monoisotopic (exact) mass is 331 g/mol. The van der Waals surface area contributed by atoms with Gasteiger partial charge in [-0.1, -0.05) is 36.4 Å². The molecule has 25 heavy (non-hydrogen) atoms. The van der Waals surface area contributed by atoms with Crippen LogP contribution < -0.4 is 5.32 Å². The first kappa shape index (κ1) is 15.4. The Balaban J connectivity index is 1.73. The summed E-state index contributed by atoms with van der Waals surface area (Å²) in [6.07, 6.45) is 0. The van der Waals surface area contributed by atoms with Crippen LogP contribution in [-0.4, -0.2) is 11.6 Å². The van der Waals surface area contributed by atoms with Crippen molar-refractivity contribution in [1.29, 1.82) is 0 Å². The van der Waals surface area contributed by atoms with Crippen LogP contribution in [0.2, 0.25) is 0 Å². The average Bonchev–Trinajstić information content (AvgIpc) is 2.95. The molecule has 124 valence electrons. The Bertz CT molecular complexity index is 1010. The number of ketones is 2. The molecular formula is C21H17NO3. The van der Waals surface area contributed by atoms with Crippen LogP contribution in [0.3, 0.4) is 0 Å². The Kier molecular flexibility index (Phi) is 3.53. The predicted molar refractivity (Wildman–Crippen MR) is 96.0 cm³/mol. The molecule has 4 rings (SSSR count). The van der Waals surface area contributed by atoms with Crippen molar-refractivity contribution < 1.29 is 14.0 Å². The number of anilines is 1. The second kappa shape index (κ2) is 5.74. The molecule has 2 aromatic carbocycles. The fourth-order valence-corrected chi connectivity index (χ4v) is 3.24. The van der Waals surface area contributed by atoms with Gasteiger partial charge in [-0.3, -0.25) is 9.59 Å². The standard InChI is InChI=1S/C21H17NO3/c1-12-6-5-7-14(10-12)22-11-17-13(2)18-20(24)19(23)15-8-3-4-9-16(15)21(18)25-17/h3-10,22H,11H2,1-2H3. The smallest absolute Gasteiger partial charge is 0.237 e. The third-order valence-electron chi connectivity index (χ3n) is 4.57. The summed E-state index contributed by atoms with van der Waals surface area (Å²) in [5.41, 5.74) is 4.36. The molecule has 0 saturated carbocycles. The Morgan fingerprint density at radius 2 is 1.68 bits per heavy atom. The van der Waals surface area contributed by atoms with Crippen molar-refractivity contribution >= 4 is 17.3 Å². The molecule has 1 heterocycles. The minimum absolute atomic E-state index is 0.393. The van der Waals surface area contributed by atoms with Crippen LogP contribution >= 0.6 is 0 Å². The molecule has 0 radical (unpaired) electrons. The van der Waals surface area contributed by atoms with Gasteiger partial charge in [-0.2, -0.15) is 0 Å². The summed E-state index contributed by atoms with van der Waals surface area (Å²) in [5, 5.41) is 3.31. The van der Waals surface area contributed by atoms with Crippen LogP contribution in [-0.2, 0) is 6.54 Å². The second-order valence-electron chi connectivity index (χ2n) is 6.28. The number of rotatable bonds is 3. The Hall–Kier alpha value is -3.14. The molecule has 1 N–H and O–H groups in total. The van der Waals surface area contributed by atoms with E-state index in [4.69, 9.17) is 4.42 Å². The molecule has 3 aromatic rings. The summed E-state index contributed by atoms with van der Waals surface area (Å²) >= 11 is 0. The van der Waals surface area contributed by atoms with Crippen LogP contribution in [0.4, 0.5) is 5.69 Å². The van der Waals surface area contributed by atoms with Gasteiger partial charge in [0.25, 0.3) is 0 Å². The van der Waals surface area contributed by atoms with Crippen molar-refractivity contribution in [3.8, 4) is 11.3 Å². The first-order chi connectivity index (χ1) is 12.1. The lowest BCUT2D eigenvalue weighted by Crippen LogP contribution is -2.20. The molecule has 0 unspecified atom stereocenters. The largest absolute Gasteiger partial charge is 0.458 e. The highest BCUT2D eigenvalue weighted by molar-refractivity contribution is 6.53. The molecule has 0 atom stereocenters. The molecule has 1 aliphatic rings. The number of benzene rings is 2. The van der Waals surface area contributed by atoms with Crippen LogP contribution in [0.5, 0.6) is 0 Å². The SMILES string of the molecule is Cc1cccc(NCc2oc3c(c2C)C(=O)C(=O)c2ccccc2-3)c1. The summed E-state index contributed by atoms with van der Waals surface area (Å²) in [6, 6.07) is 15.1. The first-order valence-corrected chi connectivity index (χ1v) is 8.17. The lowest BCUT2D eigenvalue weighted by Gasteiger charge is -2.12. The molecule has 0 saturated heterocycles. The van der Waals surface area contributed by atoms with E-state index >= 15 is 0 Å². The van der Waals surface area contributed by atoms with Gasteiger partial charge in [0, 0.05) is 22.4 Å². The average molecular weight is 331 g/mol. The number of hydrogen-bond acceptors (Lipinski definition) is 4. The van der Waals surface area contributed by atoms with Crippen LogP contribution in [0.25, 0.3) is 11.3 Å². The molecule has 4 heteroatoms. The molecule has 0 fully saturated rings. The number of aryl methyl sites for hydroxylation is 1. The van der Waals surface area contributed by atoms with Crippen molar-refractivity contribution in [3.63, 3.8) is 0 Å². The third kappa shape index (κ3) is 2.47. The Morgan fingerprint density at radius 1 is 0.920 bits per heavy atom. The fraction of sp³-hybridized carbons (Fsp3) is 0.143. The van der Waals surface area contributed by atoms with E-state index in [0.29, 0.717) is 34.8 Å². The summed E-state index contributed by atoms with van der Waals surface area (Å²) < 4.78 is 6.00. The van der Waals surface area contributed by atoms with Gasteiger partial charge in [-0.15, -0.1) is 0 Å². The molecule has 4 nitrogen and oxygen atoms in total. The third-order valence-corrected chi connectivity index (χ3v) is 4.57. The number of Topliss-reactive ketones (excluding diaryl/α,β-unsaturated/α-hetero) is 2. The first-order valence-electron chi connectivity index (χ1n) is 8.17. The lowest BCUT2D eigenvalue weighted by atomic mass is 9.87. The number of nitrogens with one attached hydrogen (secondary N) is 1. The zero-order valence-corrected chi connectivity index (χ0v) is 14.1. The normalized spacial score (nSPS) is 12.7. The zero-order valence-electron chi connectivity index (χ0n) is 14.1. The lowest BCUT2D eigenvalue weighted by molar-refractivity contribution is 0.0814. The van der Waals surface area contributed by atoms with Gasteiger partial charge < -0.3 is 9.73 Å². The van der Waals surface area contributed by atoms with Gasteiger partial charge in [0.15, 0.2) is 0 Å². The zero-order chi connectivity index (χ0) is 17.6. The summed E-state index contributed by atoms with van der Waals surface area (Å²) in [6.45, 7) is 4.31. The van der Waals surface area contributed by atoms with Gasteiger partial charge in [0.2, 0.25) is 11.6 Å². The maximum atomic E-state index is 12.5. The van der Waals surface area contributed by atoms with Gasteiger partial charge in [-0.05, 0) is 31.5 Å². The maximum Gasteiger partial charge on any atom is 0.237 e. The molecule has 0 bridgehead atoms. The molecule has 0 amide bonds. The van der Waals surface area contributed by atoms with E-state index in [1.165, 1.54) is 0 Å². The van der Waals surface area contributed by atoms with E-state index in [2.05, 4.69) is 5.32 Å². The van der Waals surface area contributed by atoms with Gasteiger partial charge in [0.05, 0.1) is 12.1 Å². The second-order valence-corrected chi connectivity index (χ2v) is 6.28. The quantitative estimate of drug-likeness (QED) is 0.715. The van der Waals surface area contributed by atoms with Crippen molar-refractivity contribution in [2.24, 2.45) is 0 Å². The highest BCUT2D eigenvalue weighted by atomic mass is 16.3. The van der Waals surface area contributed by atoms with Crippen LogP contribution in [0.1, 0.15) is 37.6 Å². The Labute approximate surface area is 145 Å². The van der Waals surface area contributed by atoms with Gasteiger partial charge in [-0.25, -0.2) is 0 Å². The van der Waals surface area contributed by atoms with Crippen molar-refractivity contribution in [2.45, 2.75) is 20.4 Å². The number of furan rings is 1. The predicted octanol–water partition coefficient (Wildman–Crippen LogP) is 4.55. The van der Waals surface area contributed by atoms with E-state index in [1.807, 2.05) is 50.2 Å². The number of fused-ring (bicyclic) bond motifs is 3. The molecular weight excluding hydrogens is 314 g/mol. The van der Waals surface area contributed by atoms with Gasteiger partial charge >= 0.3 is 0 Å². The van der Waals surface area contributed by atoms with Crippen molar-refractivity contribution in [1.82, 2.24) is 0 Å². The Morgan fingerprint density at radius 3 is 2.44 bits per heavy atom. The van der Waals surface area contributed by atoms with E-state index in [9.17, 15) is 9.59 Å². The van der Waals surface area contributed by atoms with Crippen molar-refractivity contribution in [2.75, 3.05) is 5.32 Å². The topological polar surface area (TPSA) is 59.3 Å². The molecule has 1 aromatic heterocycles. The van der Waals surface area contributed by atoms with Crippen LogP contribution in [0, 0.1) is 13.8 Å². The minimum Gasteiger partial charge on any atom is -0.458 e. The van der Waals surface area contributed by atoms with Gasteiger partial charge in [0.1, 0.15) is 11.5 Å². The van der Waals surface area contributed by atoms with E-state index in [0.717, 1.165) is 16.8 Å². The summed E-state index contributed by atoms with van der Waals surface area (Å²) in [5.74, 6) is 0.213. The van der Waals surface area contributed by atoms with E-state index in [1.54, 1.807) is 12.1 Å². The fourth-order valence-electron chi connectivity index (χ4n) is 3.24. The number of hydrogen-bond donors (Lipinski definition) is 1. The molecule has 1 aliphatic carbocycles. The van der Waals surface area contributed by atoms with E-state index < -0.39 is 11.6 Å². The summed E-state index contributed by atoms with van der Waals surface area (Å²) in [7, 11) is 0. The highest BCUT2D eigenvalue weighted by Gasteiger charge is 2.35. The number of carbonyl (C=O) groups is 2. The maximum absolute atomic E-state index is 12.5. The minimum atomic E-state index is -0.489. The van der Waals surface area contributed by atoms with Crippen LogP contribution in [0.15, 0.2) is 52.9 Å². The van der Waals surface area contributed by atoms with Crippen molar-refractivity contribution in [3.05, 3.63) is 76.5 Å². The number of carbonyl (C=O) groups excluding carboxylic acids is 2. The summed E-state index contributed by atoms with van der Waals surface area (Å²) in [4.78, 5) is 24.9. The molecule has 0 spiro atoms.